The molecule has 0 unspecified atom stereocenters. The normalized spacial score (nSPS) is 10.3. The Bertz CT molecular complexity index is 572. The van der Waals surface area contributed by atoms with E-state index in [9.17, 15) is 8.78 Å². The van der Waals surface area contributed by atoms with Gasteiger partial charge in [0.1, 0.15) is 5.82 Å². The summed E-state index contributed by atoms with van der Waals surface area (Å²) in [5.74, 6) is -0.917. The highest BCUT2D eigenvalue weighted by Crippen LogP contribution is 2.22. The molecule has 0 saturated carbocycles. The van der Waals surface area contributed by atoms with Gasteiger partial charge in [0.05, 0.1) is 6.20 Å². The van der Waals surface area contributed by atoms with Crippen molar-refractivity contribution in [3.63, 3.8) is 0 Å². The highest BCUT2D eigenvalue weighted by Gasteiger charge is 2.08. The predicted molar refractivity (Wildman–Crippen MR) is 70.8 cm³/mol. The predicted octanol–water partition coefficient (Wildman–Crippen LogP) is 3.58. The van der Waals surface area contributed by atoms with Crippen LogP contribution < -0.4 is 10.6 Å². The number of halogens is 3. The van der Waals surface area contributed by atoms with Crippen LogP contribution in [0.1, 0.15) is 6.92 Å². The third-order valence-corrected chi connectivity index (χ3v) is 2.42. The lowest BCUT2D eigenvalue weighted by molar-refractivity contribution is 0.618. The van der Waals surface area contributed by atoms with Gasteiger partial charge in [-0.05, 0) is 25.1 Å². The molecular formula is C12H11ClF2N4. The van der Waals surface area contributed by atoms with Crippen molar-refractivity contribution >= 4 is 29.1 Å². The first kappa shape index (κ1) is 13.5. The lowest BCUT2D eigenvalue weighted by Crippen LogP contribution is -2.06. The average molecular weight is 285 g/mol. The monoisotopic (exact) mass is 284 g/mol. The zero-order chi connectivity index (χ0) is 13.8. The van der Waals surface area contributed by atoms with Crippen molar-refractivity contribution in [3.8, 4) is 0 Å². The first-order valence-electron chi connectivity index (χ1n) is 5.58. The van der Waals surface area contributed by atoms with Gasteiger partial charge in [0, 0.05) is 17.3 Å². The number of aromatic nitrogens is 2. The zero-order valence-corrected chi connectivity index (χ0v) is 10.8. The summed E-state index contributed by atoms with van der Waals surface area (Å²) in [7, 11) is 0. The molecule has 0 radical (unpaired) electrons. The van der Waals surface area contributed by atoms with Crippen LogP contribution in [0.2, 0.25) is 5.02 Å². The fourth-order valence-corrected chi connectivity index (χ4v) is 1.68. The summed E-state index contributed by atoms with van der Waals surface area (Å²) in [4.78, 5) is 7.71. The molecule has 7 heteroatoms. The van der Waals surface area contributed by atoms with E-state index in [2.05, 4.69) is 20.6 Å². The lowest BCUT2D eigenvalue weighted by Gasteiger charge is -2.09. The minimum atomic E-state index is -0.637. The summed E-state index contributed by atoms with van der Waals surface area (Å²) >= 11 is 5.72. The average Bonchev–Trinajstić information content (AvgIpc) is 2.32. The Balaban J connectivity index is 2.28. The van der Waals surface area contributed by atoms with E-state index in [0.29, 0.717) is 12.2 Å². The Kier molecular flexibility index (Phi) is 4.11. The van der Waals surface area contributed by atoms with Crippen LogP contribution in [0.5, 0.6) is 0 Å². The standard InChI is InChI=1S/C12H11ClF2N4/c1-2-16-12-17-6-10(15)11(19-12)18-9-4-7(13)3-8(14)5-9/h3-6H,2H2,1H3,(H2,16,17,18,19). The van der Waals surface area contributed by atoms with Crippen LogP contribution in [0.25, 0.3) is 0 Å². The molecular weight excluding hydrogens is 274 g/mol. The highest BCUT2D eigenvalue weighted by atomic mass is 35.5. The SMILES string of the molecule is CCNc1ncc(F)c(Nc2cc(F)cc(Cl)c2)n1. The zero-order valence-electron chi connectivity index (χ0n) is 10.0. The van der Waals surface area contributed by atoms with Crippen molar-refractivity contribution in [1.29, 1.82) is 0 Å². The summed E-state index contributed by atoms with van der Waals surface area (Å²) in [5.41, 5.74) is 0.310. The number of hydrogen-bond acceptors (Lipinski definition) is 4. The van der Waals surface area contributed by atoms with Crippen molar-refractivity contribution in [2.75, 3.05) is 17.2 Å². The molecule has 0 spiro atoms. The summed E-state index contributed by atoms with van der Waals surface area (Å²) in [6, 6.07) is 3.83. The maximum absolute atomic E-state index is 13.6. The van der Waals surface area contributed by atoms with Crippen molar-refractivity contribution < 1.29 is 8.78 Å². The van der Waals surface area contributed by atoms with Crippen LogP contribution in [0.3, 0.4) is 0 Å². The molecule has 2 N–H and O–H groups in total. The summed E-state index contributed by atoms with van der Waals surface area (Å²) in [6.07, 6.45) is 1.04. The smallest absolute Gasteiger partial charge is 0.224 e. The van der Waals surface area contributed by atoms with E-state index in [1.807, 2.05) is 6.92 Å². The lowest BCUT2D eigenvalue weighted by atomic mass is 10.3. The molecule has 1 aromatic heterocycles. The molecule has 0 saturated heterocycles. The first-order chi connectivity index (χ1) is 9.08. The van der Waals surface area contributed by atoms with Crippen molar-refractivity contribution in [2.45, 2.75) is 6.92 Å². The fraction of sp³-hybridized carbons (Fsp3) is 0.167. The van der Waals surface area contributed by atoms with E-state index in [0.717, 1.165) is 12.3 Å². The molecule has 0 bridgehead atoms. The maximum Gasteiger partial charge on any atom is 0.224 e. The number of nitrogens with zero attached hydrogens (tertiary/aromatic N) is 2. The molecule has 100 valence electrons. The summed E-state index contributed by atoms with van der Waals surface area (Å²) < 4.78 is 26.7. The van der Waals surface area contributed by atoms with Crippen LogP contribution in [0.15, 0.2) is 24.4 Å². The van der Waals surface area contributed by atoms with Gasteiger partial charge in [-0.25, -0.2) is 13.8 Å². The van der Waals surface area contributed by atoms with E-state index < -0.39 is 11.6 Å². The molecule has 2 rings (SSSR count). The Morgan fingerprint density at radius 3 is 2.74 bits per heavy atom. The minimum Gasteiger partial charge on any atom is -0.354 e. The van der Waals surface area contributed by atoms with Crippen LogP contribution in [0, 0.1) is 11.6 Å². The second-order valence-corrected chi connectivity index (χ2v) is 4.14. The molecule has 19 heavy (non-hydrogen) atoms. The third kappa shape index (κ3) is 3.51. The van der Waals surface area contributed by atoms with Crippen LogP contribution in [0.4, 0.5) is 26.2 Å². The topological polar surface area (TPSA) is 49.8 Å². The Labute approximate surface area is 113 Å². The molecule has 4 nitrogen and oxygen atoms in total. The number of hydrogen-bond donors (Lipinski definition) is 2. The van der Waals surface area contributed by atoms with Gasteiger partial charge in [-0.15, -0.1) is 0 Å². The van der Waals surface area contributed by atoms with Gasteiger partial charge >= 0.3 is 0 Å². The molecule has 0 fully saturated rings. The molecule has 0 atom stereocenters. The number of rotatable bonds is 4. The van der Waals surface area contributed by atoms with E-state index >= 15 is 0 Å². The number of anilines is 3. The fourth-order valence-electron chi connectivity index (χ4n) is 1.46. The van der Waals surface area contributed by atoms with Crippen LogP contribution in [-0.2, 0) is 0 Å². The van der Waals surface area contributed by atoms with Gasteiger partial charge in [0.2, 0.25) is 5.95 Å². The maximum atomic E-state index is 13.6. The van der Waals surface area contributed by atoms with Gasteiger partial charge in [0.15, 0.2) is 11.6 Å². The van der Waals surface area contributed by atoms with Crippen molar-refractivity contribution in [2.24, 2.45) is 0 Å². The molecule has 0 aliphatic heterocycles. The third-order valence-electron chi connectivity index (χ3n) is 2.20. The van der Waals surface area contributed by atoms with E-state index in [1.165, 1.54) is 12.1 Å². The van der Waals surface area contributed by atoms with Crippen LogP contribution >= 0.6 is 11.6 Å². The van der Waals surface area contributed by atoms with Crippen LogP contribution in [-0.4, -0.2) is 16.5 Å². The van der Waals surface area contributed by atoms with Gasteiger partial charge in [-0.1, -0.05) is 11.6 Å². The summed E-state index contributed by atoms with van der Waals surface area (Å²) in [6.45, 7) is 2.48. The van der Waals surface area contributed by atoms with E-state index in [-0.39, 0.29) is 16.8 Å². The van der Waals surface area contributed by atoms with Gasteiger partial charge in [0.25, 0.3) is 0 Å². The Morgan fingerprint density at radius 1 is 1.26 bits per heavy atom. The second kappa shape index (κ2) is 5.79. The molecule has 0 amide bonds. The first-order valence-corrected chi connectivity index (χ1v) is 5.96. The van der Waals surface area contributed by atoms with Crippen molar-refractivity contribution in [3.05, 3.63) is 41.1 Å². The quantitative estimate of drug-likeness (QED) is 0.901. The van der Waals surface area contributed by atoms with Gasteiger partial charge < -0.3 is 10.6 Å². The molecule has 2 aromatic rings. The van der Waals surface area contributed by atoms with Crippen molar-refractivity contribution in [1.82, 2.24) is 9.97 Å². The highest BCUT2D eigenvalue weighted by molar-refractivity contribution is 6.30. The minimum absolute atomic E-state index is 0.0485. The number of benzene rings is 1. The molecule has 0 aliphatic rings. The summed E-state index contributed by atoms with van der Waals surface area (Å²) in [5, 5.41) is 5.73. The largest absolute Gasteiger partial charge is 0.354 e. The Hall–Kier alpha value is -1.95. The molecule has 1 heterocycles. The molecule has 1 aromatic carbocycles. The van der Waals surface area contributed by atoms with Gasteiger partial charge in [-0.3, -0.25) is 0 Å². The second-order valence-electron chi connectivity index (χ2n) is 3.70. The Morgan fingerprint density at radius 2 is 2.05 bits per heavy atom. The van der Waals surface area contributed by atoms with E-state index in [4.69, 9.17) is 11.6 Å². The number of nitrogens with one attached hydrogen (secondary N) is 2. The van der Waals surface area contributed by atoms with Gasteiger partial charge in [-0.2, -0.15) is 4.98 Å². The van der Waals surface area contributed by atoms with E-state index in [1.54, 1.807) is 0 Å². The molecule has 0 aliphatic carbocycles.